The maximum Gasteiger partial charge on any atom is 0.267 e. The molecule has 1 unspecified atom stereocenters. The van der Waals surface area contributed by atoms with Crippen LogP contribution in [0, 0.1) is 0 Å². The minimum atomic E-state index is -0.610. The SMILES string of the molecule is CCN(Cc1ccc(OC)c(OC)c1)C(=O)C1CC(c2ccc(Cl)s2)=NO1. The van der Waals surface area contributed by atoms with Crippen molar-refractivity contribution >= 4 is 34.6 Å². The molecule has 0 aliphatic carbocycles. The van der Waals surface area contributed by atoms with Crippen molar-refractivity contribution in [1.82, 2.24) is 4.90 Å². The van der Waals surface area contributed by atoms with Crippen molar-refractivity contribution in [2.24, 2.45) is 5.16 Å². The van der Waals surface area contributed by atoms with Gasteiger partial charge in [0.05, 0.1) is 23.4 Å². The number of benzene rings is 1. The number of carbonyl (C=O) groups is 1. The molecule has 0 saturated carbocycles. The highest BCUT2D eigenvalue weighted by Crippen LogP contribution is 2.29. The fourth-order valence-electron chi connectivity index (χ4n) is 2.87. The normalized spacial score (nSPS) is 15.9. The number of oxime groups is 1. The van der Waals surface area contributed by atoms with Crippen molar-refractivity contribution in [2.75, 3.05) is 20.8 Å². The Hall–Kier alpha value is -2.25. The van der Waals surface area contributed by atoms with Crippen molar-refractivity contribution in [3.05, 3.63) is 45.1 Å². The fraction of sp³-hybridized carbons (Fsp3) is 0.368. The molecular formula is C19H21ClN2O4S. The molecule has 0 bridgehead atoms. The summed E-state index contributed by atoms with van der Waals surface area (Å²) in [5.41, 5.74) is 1.71. The Kier molecular flexibility index (Phi) is 6.23. The summed E-state index contributed by atoms with van der Waals surface area (Å²) in [6, 6.07) is 9.33. The van der Waals surface area contributed by atoms with Crippen molar-refractivity contribution in [3.63, 3.8) is 0 Å². The van der Waals surface area contributed by atoms with Gasteiger partial charge in [0.25, 0.3) is 5.91 Å². The number of amides is 1. The van der Waals surface area contributed by atoms with Crippen molar-refractivity contribution in [1.29, 1.82) is 0 Å². The van der Waals surface area contributed by atoms with E-state index in [9.17, 15) is 4.79 Å². The molecule has 2 heterocycles. The smallest absolute Gasteiger partial charge is 0.267 e. The first kappa shape index (κ1) is 19.5. The average molecular weight is 409 g/mol. The van der Waals surface area contributed by atoms with Crippen LogP contribution in [0.15, 0.2) is 35.5 Å². The zero-order valence-electron chi connectivity index (χ0n) is 15.4. The maximum absolute atomic E-state index is 12.9. The van der Waals surface area contributed by atoms with Gasteiger partial charge in [-0.3, -0.25) is 4.79 Å². The van der Waals surface area contributed by atoms with Crippen LogP contribution in [0.25, 0.3) is 0 Å². The summed E-state index contributed by atoms with van der Waals surface area (Å²) in [4.78, 5) is 21.0. The second-order valence-corrected chi connectivity index (χ2v) is 7.70. The van der Waals surface area contributed by atoms with Crippen LogP contribution >= 0.6 is 22.9 Å². The lowest BCUT2D eigenvalue weighted by Crippen LogP contribution is -2.38. The lowest BCUT2D eigenvalue weighted by molar-refractivity contribution is -0.142. The predicted octanol–water partition coefficient (Wildman–Crippen LogP) is 3.96. The van der Waals surface area contributed by atoms with E-state index in [4.69, 9.17) is 25.9 Å². The molecule has 1 aromatic heterocycles. The summed E-state index contributed by atoms with van der Waals surface area (Å²) in [6.45, 7) is 2.96. The van der Waals surface area contributed by atoms with E-state index in [-0.39, 0.29) is 5.91 Å². The van der Waals surface area contributed by atoms with E-state index in [1.807, 2.05) is 37.3 Å². The van der Waals surface area contributed by atoms with E-state index in [0.29, 0.717) is 35.3 Å². The number of hydrogen-bond acceptors (Lipinski definition) is 6. The molecule has 3 rings (SSSR count). The van der Waals surface area contributed by atoms with Gasteiger partial charge in [0.15, 0.2) is 11.5 Å². The number of rotatable bonds is 7. The first-order chi connectivity index (χ1) is 13.0. The summed E-state index contributed by atoms with van der Waals surface area (Å²) in [5, 5.41) is 4.08. The largest absolute Gasteiger partial charge is 0.493 e. The highest BCUT2D eigenvalue weighted by Gasteiger charge is 2.32. The van der Waals surface area contributed by atoms with Gasteiger partial charge >= 0.3 is 0 Å². The van der Waals surface area contributed by atoms with Gasteiger partial charge in [-0.05, 0) is 36.8 Å². The van der Waals surface area contributed by atoms with Gasteiger partial charge in [0.2, 0.25) is 6.10 Å². The van der Waals surface area contributed by atoms with Gasteiger partial charge in [-0.2, -0.15) is 0 Å². The number of methoxy groups -OCH3 is 2. The third-order valence-electron chi connectivity index (χ3n) is 4.32. The van der Waals surface area contributed by atoms with Crippen LogP contribution in [0.5, 0.6) is 11.5 Å². The fourth-order valence-corrected chi connectivity index (χ4v) is 3.91. The monoisotopic (exact) mass is 408 g/mol. The molecule has 27 heavy (non-hydrogen) atoms. The lowest BCUT2D eigenvalue weighted by Gasteiger charge is -2.23. The third kappa shape index (κ3) is 4.36. The quantitative estimate of drug-likeness (QED) is 0.695. The lowest BCUT2D eigenvalue weighted by atomic mass is 10.1. The zero-order chi connectivity index (χ0) is 19.4. The van der Waals surface area contributed by atoms with Crippen LogP contribution < -0.4 is 9.47 Å². The predicted molar refractivity (Wildman–Crippen MR) is 106 cm³/mol. The summed E-state index contributed by atoms with van der Waals surface area (Å²) in [5.74, 6) is 1.20. The van der Waals surface area contributed by atoms with E-state index in [1.54, 1.807) is 19.1 Å². The summed E-state index contributed by atoms with van der Waals surface area (Å²) in [7, 11) is 3.18. The second kappa shape index (κ2) is 8.63. The molecular weight excluding hydrogens is 388 g/mol. The Balaban J connectivity index is 1.67. The van der Waals surface area contributed by atoms with Crippen LogP contribution in [0.4, 0.5) is 0 Å². The minimum absolute atomic E-state index is 0.0892. The summed E-state index contributed by atoms with van der Waals surface area (Å²) >= 11 is 7.40. The molecule has 144 valence electrons. The number of ether oxygens (including phenoxy) is 2. The Morgan fingerprint density at radius 1 is 1.30 bits per heavy atom. The summed E-state index contributed by atoms with van der Waals surface area (Å²) < 4.78 is 11.3. The van der Waals surface area contributed by atoms with Crippen LogP contribution in [0.1, 0.15) is 23.8 Å². The van der Waals surface area contributed by atoms with Crippen molar-refractivity contribution in [2.45, 2.75) is 26.0 Å². The van der Waals surface area contributed by atoms with Crippen LogP contribution in [0.2, 0.25) is 4.34 Å². The molecule has 1 aliphatic heterocycles. The third-order valence-corrected chi connectivity index (χ3v) is 5.60. The number of nitrogens with zero attached hydrogens (tertiary/aromatic N) is 2. The molecule has 1 amide bonds. The van der Waals surface area contributed by atoms with Gasteiger partial charge in [-0.25, -0.2) is 0 Å². The van der Waals surface area contributed by atoms with E-state index < -0.39 is 6.10 Å². The Morgan fingerprint density at radius 3 is 2.70 bits per heavy atom. The Bertz CT molecular complexity index is 852. The maximum atomic E-state index is 12.9. The highest BCUT2D eigenvalue weighted by atomic mass is 35.5. The molecule has 0 radical (unpaired) electrons. The van der Waals surface area contributed by atoms with Crippen LogP contribution in [-0.2, 0) is 16.2 Å². The Labute approximate surface area is 167 Å². The van der Waals surface area contributed by atoms with Gasteiger partial charge in [-0.1, -0.05) is 22.8 Å². The zero-order valence-corrected chi connectivity index (χ0v) is 17.0. The van der Waals surface area contributed by atoms with Gasteiger partial charge < -0.3 is 19.2 Å². The first-order valence-electron chi connectivity index (χ1n) is 8.53. The number of carbonyl (C=O) groups excluding carboxylic acids is 1. The molecule has 2 aromatic rings. The number of thiophene rings is 1. The molecule has 0 N–H and O–H groups in total. The summed E-state index contributed by atoms with van der Waals surface area (Å²) in [6.07, 6.45) is -0.168. The molecule has 1 aromatic carbocycles. The van der Waals surface area contributed by atoms with Gasteiger partial charge in [0, 0.05) is 19.5 Å². The van der Waals surface area contributed by atoms with Crippen LogP contribution in [0.3, 0.4) is 0 Å². The molecule has 0 saturated heterocycles. The second-order valence-electron chi connectivity index (χ2n) is 5.98. The molecule has 8 heteroatoms. The van der Waals surface area contributed by atoms with E-state index >= 15 is 0 Å². The van der Waals surface area contributed by atoms with Crippen molar-refractivity contribution < 1.29 is 19.1 Å². The molecule has 6 nitrogen and oxygen atoms in total. The molecule has 0 fully saturated rings. The van der Waals surface area contributed by atoms with E-state index in [1.165, 1.54) is 11.3 Å². The molecule has 0 spiro atoms. The number of halogens is 1. The standard InChI is InChI=1S/C19H21ClN2O4S/c1-4-22(11-12-5-6-14(24-2)15(9-12)25-3)19(23)16-10-13(21-26-16)17-7-8-18(20)27-17/h5-9,16H,4,10-11H2,1-3H3. The average Bonchev–Trinajstić information content (AvgIpc) is 3.34. The van der Waals surface area contributed by atoms with Crippen LogP contribution in [-0.4, -0.2) is 43.4 Å². The first-order valence-corrected chi connectivity index (χ1v) is 9.73. The van der Waals surface area contributed by atoms with Gasteiger partial charge in [0.1, 0.15) is 5.71 Å². The molecule has 1 aliphatic rings. The highest BCUT2D eigenvalue weighted by molar-refractivity contribution is 7.18. The van der Waals surface area contributed by atoms with E-state index in [2.05, 4.69) is 5.16 Å². The Morgan fingerprint density at radius 2 is 2.07 bits per heavy atom. The van der Waals surface area contributed by atoms with Crippen molar-refractivity contribution in [3.8, 4) is 11.5 Å². The number of likely N-dealkylation sites (N-methyl/N-ethyl adjacent to an activating group) is 1. The number of hydrogen-bond donors (Lipinski definition) is 0. The van der Waals surface area contributed by atoms with E-state index in [0.717, 1.165) is 16.2 Å². The molecule has 1 atom stereocenters. The van der Waals surface area contributed by atoms with Gasteiger partial charge in [-0.15, -0.1) is 11.3 Å². The minimum Gasteiger partial charge on any atom is -0.493 e. The topological polar surface area (TPSA) is 60.4 Å².